The Morgan fingerprint density at radius 2 is 2.00 bits per heavy atom. The minimum absolute atomic E-state index is 0.0214. The zero-order chi connectivity index (χ0) is 8.85. The lowest BCUT2D eigenvalue weighted by Gasteiger charge is -2.00. The molecule has 0 amide bonds. The summed E-state index contributed by atoms with van der Waals surface area (Å²) in [5, 5.41) is 0. The lowest BCUT2D eigenvalue weighted by molar-refractivity contribution is -0.112. The molecule has 1 heteroatoms. The number of rotatable bonds is 5. The molecule has 0 N–H and O–H groups in total. The van der Waals surface area contributed by atoms with Gasteiger partial charge in [-0.1, -0.05) is 19.2 Å². The topological polar surface area (TPSA) is 17.1 Å². The van der Waals surface area contributed by atoms with Crippen molar-refractivity contribution in [3.05, 3.63) is 37.0 Å². The summed E-state index contributed by atoms with van der Waals surface area (Å²) in [5.74, 6) is -0.0214. The van der Waals surface area contributed by atoms with Crippen LogP contribution in [-0.4, -0.2) is 5.78 Å². The average molecular weight is 150 g/mol. The zero-order valence-electron chi connectivity index (χ0n) is 7.02. The van der Waals surface area contributed by atoms with Gasteiger partial charge in [0, 0.05) is 0 Å². The molecule has 0 atom stereocenters. The van der Waals surface area contributed by atoms with Crippen LogP contribution in [-0.2, 0) is 4.79 Å². The van der Waals surface area contributed by atoms with Gasteiger partial charge in [-0.3, -0.25) is 4.79 Å². The minimum atomic E-state index is -0.0214. The Morgan fingerprint density at radius 1 is 1.45 bits per heavy atom. The van der Waals surface area contributed by atoms with Crippen molar-refractivity contribution in [3.8, 4) is 0 Å². The molecule has 0 aromatic heterocycles. The Balaban J connectivity index is 3.94. The van der Waals surface area contributed by atoms with Gasteiger partial charge in [-0.15, -0.1) is 6.58 Å². The molecule has 0 aliphatic rings. The standard InChI is InChI=1S/C10H14O/c1-5-6-7-9(4)10(11)8(2)3/h5H,1-2,4,6-7H2,3H3. The number of carbonyl (C=O) groups is 1. The number of hydrogen-bond donors (Lipinski definition) is 0. The molecule has 0 saturated carbocycles. The Morgan fingerprint density at radius 3 is 2.36 bits per heavy atom. The molecule has 11 heavy (non-hydrogen) atoms. The lowest BCUT2D eigenvalue weighted by Crippen LogP contribution is -2.01. The summed E-state index contributed by atoms with van der Waals surface area (Å²) >= 11 is 0. The number of hydrogen-bond acceptors (Lipinski definition) is 1. The van der Waals surface area contributed by atoms with Crippen molar-refractivity contribution < 1.29 is 4.79 Å². The minimum Gasteiger partial charge on any atom is -0.289 e. The van der Waals surface area contributed by atoms with E-state index in [1.54, 1.807) is 13.0 Å². The normalized spacial score (nSPS) is 8.82. The van der Waals surface area contributed by atoms with Gasteiger partial charge in [-0.05, 0) is 30.9 Å². The predicted molar refractivity (Wildman–Crippen MR) is 48.4 cm³/mol. The molecule has 1 nitrogen and oxygen atoms in total. The fourth-order valence-electron chi connectivity index (χ4n) is 0.692. The van der Waals surface area contributed by atoms with Crippen LogP contribution in [0.3, 0.4) is 0 Å². The average Bonchev–Trinajstić information content (AvgIpc) is 1.98. The second kappa shape index (κ2) is 4.67. The van der Waals surface area contributed by atoms with Crippen LogP contribution in [0.2, 0.25) is 0 Å². The van der Waals surface area contributed by atoms with Crippen molar-refractivity contribution in [2.24, 2.45) is 0 Å². The highest BCUT2D eigenvalue weighted by atomic mass is 16.1. The molecular formula is C10H14O. The summed E-state index contributed by atoms with van der Waals surface area (Å²) in [4.78, 5) is 11.1. The smallest absolute Gasteiger partial charge is 0.183 e. The molecule has 0 unspecified atom stereocenters. The lowest BCUT2D eigenvalue weighted by atomic mass is 10.0. The van der Waals surface area contributed by atoms with E-state index in [1.165, 1.54) is 0 Å². The van der Waals surface area contributed by atoms with Gasteiger partial charge in [0.1, 0.15) is 0 Å². The highest BCUT2D eigenvalue weighted by molar-refractivity contribution is 6.06. The molecule has 0 spiro atoms. The van der Waals surface area contributed by atoms with E-state index in [0.29, 0.717) is 17.6 Å². The van der Waals surface area contributed by atoms with Crippen LogP contribution in [0.4, 0.5) is 0 Å². The Labute approximate surface area is 68.1 Å². The van der Waals surface area contributed by atoms with E-state index >= 15 is 0 Å². The van der Waals surface area contributed by atoms with E-state index in [0.717, 1.165) is 6.42 Å². The van der Waals surface area contributed by atoms with Gasteiger partial charge >= 0.3 is 0 Å². The summed E-state index contributed by atoms with van der Waals surface area (Å²) in [6.45, 7) is 12.5. The molecule has 0 fully saturated rings. The Kier molecular flexibility index (Phi) is 4.20. The van der Waals surface area contributed by atoms with Gasteiger partial charge in [-0.2, -0.15) is 0 Å². The second-order valence-corrected chi connectivity index (χ2v) is 2.54. The van der Waals surface area contributed by atoms with E-state index in [-0.39, 0.29) is 5.78 Å². The first kappa shape index (κ1) is 9.89. The van der Waals surface area contributed by atoms with E-state index in [9.17, 15) is 4.79 Å². The highest BCUT2D eigenvalue weighted by Crippen LogP contribution is 2.08. The van der Waals surface area contributed by atoms with Crippen molar-refractivity contribution in [1.29, 1.82) is 0 Å². The molecule has 0 aliphatic carbocycles. The molecule has 0 bridgehead atoms. The zero-order valence-corrected chi connectivity index (χ0v) is 7.02. The summed E-state index contributed by atoms with van der Waals surface area (Å²) in [7, 11) is 0. The van der Waals surface area contributed by atoms with Crippen LogP contribution in [0.15, 0.2) is 37.0 Å². The number of allylic oxidation sites excluding steroid dienone is 3. The summed E-state index contributed by atoms with van der Waals surface area (Å²) in [6, 6.07) is 0. The summed E-state index contributed by atoms with van der Waals surface area (Å²) < 4.78 is 0. The van der Waals surface area contributed by atoms with Crippen LogP contribution in [0, 0.1) is 0 Å². The maximum atomic E-state index is 11.1. The molecule has 0 saturated heterocycles. The van der Waals surface area contributed by atoms with Gasteiger partial charge in [0.05, 0.1) is 0 Å². The first-order chi connectivity index (χ1) is 5.09. The molecular weight excluding hydrogens is 136 g/mol. The number of ketones is 1. The van der Waals surface area contributed by atoms with Crippen LogP contribution in [0.1, 0.15) is 19.8 Å². The maximum Gasteiger partial charge on any atom is 0.183 e. The van der Waals surface area contributed by atoms with Crippen molar-refractivity contribution in [2.75, 3.05) is 0 Å². The first-order valence-corrected chi connectivity index (χ1v) is 3.58. The van der Waals surface area contributed by atoms with Crippen LogP contribution >= 0.6 is 0 Å². The summed E-state index contributed by atoms with van der Waals surface area (Å²) in [5.41, 5.74) is 1.18. The van der Waals surface area contributed by atoms with Crippen molar-refractivity contribution in [3.63, 3.8) is 0 Å². The van der Waals surface area contributed by atoms with E-state index < -0.39 is 0 Å². The second-order valence-electron chi connectivity index (χ2n) is 2.54. The third kappa shape index (κ3) is 3.56. The number of Topliss-reactive ketones (excluding diaryl/α,β-unsaturated/α-hetero) is 1. The fourth-order valence-corrected chi connectivity index (χ4v) is 0.692. The maximum absolute atomic E-state index is 11.1. The van der Waals surface area contributed by atoms with Gasteiger partial charge in [0.15, 0.2) is 5.78 Å². The number of carbonyl (C=O) groups excluding carboxylic acids is 1. The predicted octanol–water partition coefficient (Wildman–Crippen LogP) is 2.65. The van der Waals surface area contributed by atoms with Crippen LogP contribution in [0.25, 0.3) is 0 Å². The Bertz CT molecular complexity index is 199. The van der Waals surface area contributed by atoms with Gasteiger partial charge in [-0.25, -0.2) is 0 Å². The molecule has 0 heterocycles. The quantitative estimate of drug-likeness (QED) is 0.435. The van der Waals surface area contributed by atoms with Crippen LogP contribution in [0.5, 0.6) is 0 Å². The summed E-state index contributed by atoms with van der Waals surface area (Å²) in [6.07, 6.45) is 3.27. The SMILES string of the molecule is C=CCCC(=C)C(=O)C(=C)C. The van der Waals surface area contributed by atoms with Gasteiger partial charge in [0.2, 0.25) is 0 Å². The molecule has 0 aromatic rings. The molecule has 0 aliphatic heterocycles. The molecule has 60 valence electrons. The van der Waals surface area contributed by atoms with Crippen molar-refractivity contribution in [2.45, 2.75) is 19.8 Å². The van der Waals surface area contributed by atoms with Gasteiger partial charge in [0.25, 0.3) is 0 Å². The molecule has 0 aromatic carbocycles. The third-order valence-corrected chi connectivity index (χ3v) is 1.36. The van der Waals surface area contributed by atoms with E-state index in [1.807, 2.05) is 0 Å². The van der Waals surface area contributed by atoms with Crippen molar-refractivity contribution in [1.82, 2.24) is 0 Å². The van der Waals surface area contributed by atoms with Crippen LogP contribution < -0.4 is 0 Å². The first-order valence-electron chi connectivity index (χ1n) is 3.58. The monoisotopic (exact) mass is 150 g/mol. The largest absolute Gasteiger partial charge is 0.289 e. The molecule has 0 radical (unpaired) electrons. The molecule has 0 rings (SSSR count). The van der Waals surface area contributed by atoms with E-state index in [4.69, 9.17) is 0 Å². The fraction of sp³-hybridized carbons (Fsp3) is 0.300. The highest BCUT2D eigenvalue weighted by Gasteiger charge is 2.05. The van der Waals surface area contributed by atoms with Gasteiger partial charge < -0.3 is 0 Å². The van der Waals surface area contributed by atoms with E-state index in [2.05, 4.69) is 19.7 Å². The van der Waals surface area contributed by atoms with Crippen molar-refractivity contribution >= 4 is 5.78 Å². The Hall–Kier alpha value is -1.11. The third-order valence-electron chi connectivity index (χ3n) is 1.36.